The molecule has 23 heavy (non-hydrogen) atoms. The molecule has 2 atom stereocenters. The van der Waals surface area contributed by atoms with Crippen molar-refractivity contribution in [3.63, 3.8) is 0 Å². The molecule has 1 rings (SSSR count). The van der Waals surface area contributed by atoms with Gasteiger partial charge in [0.05, 0.1) is 24.0 Å². The van der Waals surface area contributed by atoms with Gasteiger partial charge in [0, 0.05) is 17.8 Å². The highest BCUT2D eigenvalue weighted by atomic mass is 32.2. The van der Waals surface area contributed by atoms with Gasteiger partial charge >= 0.3 is 5.97 Å². The number of carboxylic acids is 1. The standard InChI is InChI=1S/C15H21NO6S/c1-21-8-9-22-11-14(17)16-13(15(18)19)7-10-23(20)12-5-3-2-4-6-12/h2-6,13H,7-11H2,1H3,(H,16,17)(H,18,19)/t13-,23+/m1/s1. The molecule has 0 bridgehead atoms. The first-order chi connectivity index (χ1) is 11.0. The Labute approximate surface area is 137 Å². The summed E-state index contributed by atoms with van der Waals surface area (Å²) in [7, 11) is 0.205. The van der Waals surface area contributed by atoms with Gasteiger partial charge in [0.2, 0.25) is 5.91 Å². The molecule has 8 heteroatoms. The van der Waals surface area contributed by atoms with E-state index in [1.54, 1.807) is 24.3 Å². The lowest BCUT2D eigenvalue weighted by atomic mass is 10.2. The van der Waals surface area contributed by atoms with Gasteiger partial charge in [-0.15, -0.1) is 0 Å². The van der Waals surface area contributed by atoms with Gasteiger partial charge in [0.15, 0.2) is 0 Å². The Morgan fingerprint density at radius 3 is 2.57 bits per heavy atom. The molecular weight excluding hydrogens is 322 g/mol. The fourth-order valence-electron chi connectivity index (χ4n) is 1.72. The summed E-state index contributed by atoms with van der Waals surface area (Å²) in [6, 6.07) is 7.68. The number of hydrogen-bond donors (Lipinski definition) is 2. The summed E-state index contributed by atoms with van der Waals surface area (Å²) < 4.78 is 21.9. The smallest absolute Gasteiger partial charge is 0.326 e. The molecule has 0 aromatic heterocycles. The third-order valence-corrected chi connectivity index (χ3v) is 4.30. The van der Waals surface area contributed by atoms with E-state index in [9.17, 15) is 13.8 Å². The molecule has 0 unspecified atom stereocenters. The van der Waals surface area contributed by atoms with Gasteiger partial charge < -0.3 is 19.9 Å². The second-order valence-electron chi connectivity index (χ2n) is 4.66. The Morgan fingerprint density at radius 2 is 1.96 bits per heavy atom. The maximum atomic E-state index is 12.1. The first-order valence-electron chi connectivity index (χ1n) is 7.07. The Balaban J connectivity index is 2.41. The SMILES string of the molecule is COCCOCC(=O)N[C@H](CC[S@](=O)c1ccccc1)C(=O)O. The molecule has 7 nitrogen and oxygen atoms in total. The molecule has 1 aromatic rings. The Hall–Kier alpha value is -1.77. The maximum absolute atomic E-state index is 12.1. The van der Waals surface area contributed by atoms with Gasteiger partial charge in [0.1, 0.15) is 12.6 Å². The van der Waals surface area contributed by atoms with E-state index < -0.39 is 28.7 Å². The normalized spacial score (nSPS) is 13.3. The van der Waals surface area contributed by atoms with Gasteiger partial charge in [-0.1, -0.05) is 18.2 Å². The van der Waals surface area contributed by atoms with Crippen LogP contribution in [0.1, 0.15) is 6.42 Å². The minimum atomic E-state index is -1.31. The first kappa shape index (κ1) is 19.3. The lowest BCUT2D eigenvalue weighted by molar-refractivity contribution is -0.142. The van der Waals surface area contributed by atoms with Crippen molar-refractivity contribution in [2.24, 2.45) is 0 Å². The van der Waals surface area contributed by atoms with E-state index >= 15 is 0 Å². The maximum Gasteiger partial charge on any atom is 0.326 e. The van der Waals surface area contributed by atoms with Crippen molar-refractivity contribution in [3.8, 4) is 0 Å². The predicted octanol–water partition coefficient (Wildman–Crippen LogP) is 0.417. The van der Waals surface area contributed by atoms with Gasteiger partial charge in [-0.3, -0.25) is 9.00 Å². The number of carboxylic acid groups (broad SMARTS) is 1. The zero-order valence-corrected chi connectivity index (χ0v) is 13.7. The van der Waals surface area contributed by atoms with Crippen LogP contribution in [0.5, 0.6) is 0 Å². The van der Waals surface area contributed by atoms with Gasteiger partial charge in [-0.05, 0) is 18.6 Å². The molecule has 0 radical (unpaired) electrons. The monoisotopic (exact) mass is 343 g/mol. The van der Waals surface area contributed by atoms with E-state index in [0.717, 1.165) is 0 Å². The number of carbonyl (C=O) groups is 2. The molecule has 2 N–H and O–H groups in total. The number of hydrogen-bond acceptors (Lipinski definition) is 5. The molecule has 1 amide bonds. The first-order valence-corrected chi connectivity index (χ1v) is 8.38. The molecule has 0 saturated carbocycles. The van der Waals surface area contributed by atoms with Crippen LogP contribution >= 0.6 is 0 Å². The fraction of sp³-hybridized carbons (Fsp3) is 0.467. The molecule has 0 fully saturated rings. The Morgan fingerprint density at radius 1 is 1.26 bits per heavy atom. The number of aliphatic carboxylic acids is 1. The molecule has 0 saturated heterocycles. The number of methoxy groups -OCH3 is 1. The lowest BCUT2D eigenvalue weighted by Gasteiger charge is -2.14. The molecule has 0 spiro atoms. The number of nitrogens with one attached hydrogen (secondary N) is 1. The summed E-state index contributed by atoms with van der Waals surface area (Å²) in [5, 5.41) is 11.5. The number of amides is 1. The second-order valence-corrected chi connectivity index (χ2v) is 6.23. The summed E-state index contributed by atoms with van der Waals surface area (Å²) >= 11 is 0. The van der Waals surface area contributed by atoms with Crippen molar-refractivity contribution in [2.45, 2.75) is 17.4 Å². The van der Waals surface area contributed by atoms with Crippen LogP contribution in [0.2, 0.25) is 0 Å². The van der Waals surface area contributed by atoms with E-state index in [-0.39, 0.29) is 25.4 Å². The van der Waals surface area contributed by atoms with Crippen LogP contribution in [-0.4, -0.2) is 59.9 Å². The topological polar surface area (TPSA) is 102 Å². The Kier molecular flexibility index (Phi) is 9.11. The zero-order valence-electron chi connectivity index (χ0n) is 12.9. The number of carbonyl (C=O) groups excluding carboxylic acids is 1. The quantitative estimate of drug-likeness (QED) is 0.565. The van der Waals surface area contributed by atoms with Crippen LogP contribution in [0, 0.1) is 0 Å². The van der Waals surface area contributed by atoms with Crippen LogP contribution in [0.25, 0.3) is 0 Å². The summed E-state index contributed by atoms with van der Waals surface area (Å²) in [4.78, 5) is 23.4. The number of benzene rings is 1. The van der Waals surface area contributed by atoms with Crippen molar-refractivity contribution in [3.05, 3.63) is 30.3 Å². The van der Waals surface area contributed by atoms with Gasteiger partial charge in [-0.2, -0.15) is 0 Å². The van der Waals surface area contributed by atoms with E-state index in [2.05, 4.69) is 5.32 Å². The number of ether oxygens (including phenoxy) is 2. The number of rotatable bonds is 11. The second kappa shape index (κ2) is 10.9. The summed E-state index contributed by atoms with van der Waals surface area (Å²) in [6.07, 6.45) is 0.0701. The molecular formula is C15H21NO6S. The third-order valence-electron chi connectivity index (χ3n) is 2.90. The fourth-order valence-corrected chi connectivity index (χ4v) is 2.86. The highest BCUT2D eigenvalue weighted by Crippen LogP contribution is 2.08. The van der Waals surface area contributed by atoms with Gasteiger partial charge in [0.25, 0.3) is 0 Å². The minimum Gasteiger partial charge on any atom is -0.480 e. The summed E-state index contributed by atoms with van der Waals surface area (Å²) in [5.41, 5.74) is 0. The highest BCUT2D eigenvalue weighted by molar-refractivity contribution is 7.85. The average molecular weight is 343 g/mol. The van der Waals surface area contributed by atoms with Crippen molar-refractivity contribution in [2.75, 3.05) is 32.7 Å². The summed E-state index contributed by atoms with van der Waals surface area (Å²) in [5.74, 6) is -1.55. The van der Waals surface area contributed by atoms with Crippen molar-refractivity contribution in [1.82, 2.24) is 5.32 Å². The molecule has 0 aliphatic rings. The molecule has 128 valence electrons. The van der Waals surface area contributed by atoms with Crippen LogP contribution in [0.4, 0.5) is 0 Å². The molecule has 1 aromatic carbocycles. The molecule has 0 aliphatic carbocycles. The average Bonchev–Trinajstić information content (AvgIpc) is 2.55. The Bertz CT molecular complexity index is 522. The van der Waals surface area contributed by atoms with E-state index in [1.807, 2.05) is 6.07 Å². The van der Waals surface area contributed by atoms with Crippen LogP contribution in [0.15, 0.2) is 35.2 Å². The third kappa shape index (κ3) is 7.87. The lowest BCUT2D eigenvalue weighted by Crippen LogP contribution is -2.43. The summed E-state index contributed by atoms with van der Waals surface area (Å²) in [6.45, 7) is 0.361. The van der Waals surface area contributed by atoms with E-state index in [4.69, 9.17) is 14.6 Å². The van der Waals surface area contributed by atoms with E-state index in [1.165, 1.54) is 7.11 Å². The predicted molar refractivity (Wildman–Crippen MR) is 84.6 cm³/mol. The minimum absolute atomic E-state index is 0.0701. The van der Waals surface area contributed by atoms with Crippen molar-refractivity contribution in [1.29, 1.82) is 0 Å². The highest BCUT2D eigenvalue weighted by Gasteiger charge is 2.21. The molecule has 0 aliphatic heterocycles. The van der Waals surface area contributed by atoms with Crippen molar-refractivity contribution >= 4 is 22.7 Å². The van der Waals surface area contributed by atoms with E-state index in [0.29, 0.717) is 11.5 Å². The van der Waals surface area contributed by atoms with Crippen LogP contribution in [-0.2, 0) is 29.9 Å². The van der Waals surface area contributed by atoms with Crippen molar-refractivity contribution < 1.29 is 28.4 Å². The molecule has 0 heterocycles. The van der Waals surface area contributed by atoms with Gasteiger partial charge in [-0.25, -0.2) is 4.79 Å². The largest absolute Gasteiger partial charge is 0.480 e. The van der Waals surface area contributed by atoms with Crippen LogP contribution < -0.4 is 5.32 Å². The van der Waals surface area contributed by atoms with Crippen LogP contribution in [0.3, 0.4) is 0 Å². The zero-order chi connectivity index (χ0) is 17.1.